The number of fused-ring (bicyclic) bond motifs is 2. The van der Waals surface area contributed by atoms with Crippen LogP contribution in [-0.4, -0.2) is 38.0 Å². The smallest absolute Gasteiger partial charge is 0.248 e. The summed E-state index contributed by atoms with van der Waals surface area (Å²) in [6.07, 6.45) is 0. The molecule has 5 nitrogen and oxygen atoms in total. The van der Waals surface area contributed by atoms with Gasteiger partial charge in [0.2, 0.25) is 5.91 Å². The third kappa shape index (κ3) is 3.42. The molecule has 0 fully saturated rings. The lowest BCUT2D eigenvalue weighted by Gasteiger charge is -2.22. The maximum atomic E-state index is 11.6. The Morgan fingerprint density at radius 3 is 2.79 bits per heavy atom. The van der Waals surface area contributed by atoms with Crippen LogP contribution in [-0.2, 0) is 6.61 Å². The Balaban J connectivity index is 2.02. The number of nitrogens with two attached hydrogens (primary N) is 1. The number of amides is 1. The van der Waals surface area contributed by atoms with E-state index in [9.17, 15) is 4.79 Å². The number of carbonyl (C=O) groups excluding carboxylic acids is 1. The summed E-state index contributed by atoms with van der Waals surface area (Å²) in [7, 11) is 4.09. The molecule has 0 radical (unpaired) electrons. The lowest BCUT2D eigenvalue weighted by molar-refractivity contribution is 0.1000. The lowest BCUT2D eigenvalue weighted by Crippen LogP contribution is -2.30. The molecule has 0 spiro atoms. The number of primary amides is 1. The zero-order valence-corrected chi connectivity index (χ0v) is 14.1. The molecule has 126 valence electrons. The van der Waals surface area contributed by atoms with Crippen LogP contribution in [0.25, 0.3) is 0 Å². The van der Waals surface area contributed by atoms with E-state index in [4.69, 9.17) is 10.5 Å². The van der Waals surface area contributed by atoms with Gasteiger partial charge in [-0.2, -0.15) is 0 Å². The van der Waals surface area contributed by atoms with Crippen molar-refractivity contribution in [1.82, 2.24) is 10.2 Å². The summed E-state index contributed by atoms with van der Waals surface area (Å²) in [6.45, 7) is 2.27. The predicted octanol–water partition coefficient (Wildman–Crippen LogP) is 1.92. The van der Waals surface area contributed by atoms with Crippen molar-refractivity contribution in [2.24, 2.45) is 5.73 Å². The minimum absolute atomic E-state index is 0.0297. The summed E-state index contributed by atoms with van der Waals surface area (Å²) in [5.41, 5.74) is 9.24. The summed E-state index contributed by atoms with van der Waals surface area (Å²) in [5.74, 6) is 0.362. The molecule has 2 aromatic rings. The van der Waals surface area contributed by atoms with E-state index in [0.717, 1.165) is 30.0 Å². The second kappa shape index (κ2) is 7.03. The number of benzene rings is 2. The van der Waals surface area contributed by atoms with Crippen LogP contribution in [0.3, 0.4) is 0 Å². The van der Waals surface area contributed by atoms with E-state index >= 15 is 0 Å². The van der Waals surface area contributed by atoms with Crippen LogP contribution in [0.4, 0.5) is 0 Å². The van der Waals surface area contributed by atoms with Crippen molar-refractivity contribution >= 4 is 5.91 Å². The van der Waals surface area contributed by atoms with Crippen molar-refractivity contribution in [3.63, 3.8) is 0 Å². The van der Waals surface area contributed by atoms with Crippen LogP contribution in [0.1, 0.15) is 33.1 Å². The molecule has 5 heteroatoms. The standard InChI is InChI=1S/C19H23N3O2/c1-22(2)10-9-21-18-15-6-4-3-5-14(15)12-24-17-8-7-13(19(20)23)11-16(17)18/h3-8,11,18,21H,9-10,12H2,1-2H3,(H2,20,23). The van der Waals surface area contributed by atoms with E-state index < -0.39 is 5.91 Å². The molecule has 1 aliphatic rings. The highest BCUT2D eigenvalue weighted by Gasteiger charge is 2.25. The zero-order valence-electron chi connectivity index (χ0n) is 14.1. The third-order valence-corrected chi connectivity index (χ3v) is 4.26. The van der Waals surface area contributed by atoms with Crippen molar-refractivity contribution < 1.29 is 9.53 Å². The fourth-order valence-electron chi connectivity index (χ4n) is 2.98. The normalized spacial score (nSPS) is 16.0. The molecular formula is C19H23N3O2. The minimum Gasteiger partial charge on any atom is -0.489 e. The molecule has 3 rings (SSSR count). The summed E-state index contributed by atoms with van der Waals surface area (Å²) in [4.78, 5) is 13.7. The molecular weight excluding hydrogens is 302 g/mol. The van der Waals surface area contributed by atoms with Gasteiger partial charge in [-0.15, -0.1) is 0 Å². The van der Waals surface area contributed by atoms with Crippen molar-refractivity contribution in [1.29, 1.82) is 0 Å². The molecule has 3 N–H and O–H groups in total. The quantitative estimate of drug-likeness (QED) is 0.881. The Morgan fingerprint density at radius 2 is 2.04 bits per heavy atom. The first-order valence-electron chi connectivity index (χ1n) is 8.08. The molecule has 0 aliphatic carbocycles. The van der Waals surface area contributed by atoms with Crippen LogP contribution >= 0.6 is 0 Å². The first-order valence-corrected chi connectivity index (χ1v) is 8.08. The highest BCUT2D eigenvalue weighted by atomic mass is 16.5. The van der Waals surface area contributed by atoms with E-state index in [-0.39, 0.29) is 6.04 Å². The Bertz CT molecular complexity index is 743. The summed E-state index contributed by atoms with van der Waals surface area (Å²) < 4.78 is 5.96. The number of nitrogens with one attached hydrogen (secondary N) is 1. The number of likely N-dealkylation sites (N-methyl/N-ethyl adjacent to an activating group) is 1. The van der Waals surface area contributed by atoms with Crippen LogP contribution in [0, 0.1) is 0 Å². The number of nitrogens with zero attached hydrogens (tertiary/aromatic N) is 1. The van der Waals surface area contributed by atoms with Gasteiger partial charge in [0.15, 0.2) is 0 Å². The van der Waals surface area contributed by atoms with Crippen molar-refractivity contribution in [3.8, 4) is 5.75 Å². The molecule has 2 aromatic carbocycles. The largest absolute Gasteiger partial charge is 0.489 e. The third-order valence-electron chi connectivity index (χ3n) is 4.26. The molecule has 1 heterocycles. The predicted molar refractivity (Wildman–Crippen MR) is 94.1 cm³/mol. The molecule has 0 saturated heterocycles. The lowest BCUT2D eigenvalue weighted by atomic mass is 9.93. The average molecular weight is 325 g/mol. The maximum Gasteiger partial charge on any atom is 0.248 e. The summed E-state index contributed by atoms with van der Waals surface area (Å²) in [6, 6.07) is 13.6. The fourth-order valence-corrected chi connectivity index (χ4v) is 2.98. The van der Waals surface area contributed by atoms with Crippen molar-refractivity contribution in [2.75, 3.05) is 27.2 Å². The van der Waals surface area contributed by atoms with E-state index in [1.54, 1.807) is 6.07 Å². The SMILES string of the molecule is CN(C)CCNC1c2ccccc2COc2ccc(C(N)=O)cc21. The van der Waals surface area contributed by atoms with Crippen LogP contribution in [0.2, 0.25) is 0 Å². The van der Waals surface area contributed by atoms with E-state index in [2.05, 4.69) is 22.3 Å². The molecule has 0 aromatic heterocycles. The van der Waals surface area contributed by atoms with Crippen LogP contribution in [0.15, 0.2) is 42.5 Å². The van der Waals surface area contributed by atoms with Gasteiger partial charge in [0.05, 0.1) is 6.04 Å². The van der Waals surface area contributed by atoms with Gasteiger partial charge < -0.3 is 20.7 Å². The fraction of sp³-hybridized carbons (Fsp3) is 0.316. The van der Waals surface area contributed by atoms with E-state index in [1.807, 2.05) is 38.4 Å². The van der Waals surface area contributed by atoms with Gasteiger partial charge in [0, 0.05) is 24.2 Å². The second-order valence-corrected chi connectivity index (χ2v) is 6.29. The number of hydrogen-bond donors (Lipinski definition) is 2. The Kier molecular flexibility index (Phi) is 4.83. The first-order chi connectivity index (χ1) is 11.6. The molecule has 1 atom stereocenters. The van der Waals surface area contributed by atoms with E-state index in [0.29, 0.717) is 12.2 Å². The van der Waals surface area contributed by atoms with Crippen LogP contribution in [0.5, 0.6) is 5.75 Å². The molecule has 1 amide bonds. The number of rotatable bonds is 5. The van der Waals surface area contributed by atoms with Crippen LogP contribution < -0.4 is 15.8 Å². The number of carbonyl (C=O) groups is 1. The Hall–Kier alpha value is -2.37. The highest BCUT2D eigenvalue weighted by Crippen LogP contribution is 2.36. The van der Waals surface area contributed by atoms with Gasteiger partial charge in [0.25, 0.3) is 0 Å². The summed E-state index contributed by atoms with van der Waals surface area (Å²) in [5, 5.41) is 3.60. The van der Waals surface area contributed by atoms with Crippen molar-refractivity contribution in [2.45, 2.75) is 12.6 Å². The van der Waals surface area contributed by atoms with Crippen molar-refractivity contribution in [3.05, 3.63) is 64.7 Å². The Morgan fingerprint density at radius 1 is 1.25 bits per heavy atom. The average Bonchev–Trinajstić information content (AvgIpc) is 2.71. The molecule has 0 bridgehead atoms. The van der Waals surface area contributed by atoms with Gasteiger partial charge in [-0.05, 0) is 43.4 Å². The monoisotopic (exact) mass is 325 g/mol. The maximum absolute atomic E-state index is 11.6. The topological polar surface area (TPSA) is 67.6 Å². The van der Waals surface area contributed by atoms with Gasteiger partial charge in [0.1, 0.15) is 12.4 Å². The van der Waals surface area contributed by atoms with Gasteiger partial charge in [-0.25, -0.2) is 0 Å². The Labute approximate surface area is 142 Å². The number of hydrogen-bond acceptors (Lipinski definition) is 4. The molecule has 1 unspecified atom stereocenters. The second-order valence-electron chi connectivity index (χ2n) is 6.29. The van der Waals surface area contributed by atoms with Gasteiger partial charge in [-0.3, -0.25) is 4.79 Å². The molecule has 1 aliphatic heterocycles. The first kappa shape index (κ1) is 16.5. The highest BCUT2D eigenvalue weighted by molar-refractivity contribution is 5.93. The van der Waals surface area contributed by atoms with Gasteiger partial charge >= 0.3 is 0 Å². The minimum atomic E-state index is -0.428. The molecule has 24 heavy (non-hydrogen) atoms. The molecule has 0 saturated carbocycles. The number of ether oxygens (including phenoxy) is 1. The zero-order chi connectivity index (χ0) is 17.1. The van der Waals surface area contributed by atoms with Gasteiger partial charge in [-0.1, -0.05) is 24.3 Å². The summed E-state index contributed by atoms with van der Waals surface area (Å²) >= 11 is 0. The van der Waals surface area contributed by atoms with E-state index in [1.165, 1.54) is 5.56 Å².